The molecule has 3 amide bonds. The van der Waals surface area contributed by atoms with E-state index < -0.39 is 0 Å². The third-order valence-electron chi connectivity index (χ3n) is 4.47. The number of hydrogen-bond acceptors (Lipinski definition) is 4. The zero-order valence-corrected chi connectivity index (χ0v) is 16.1. The lowest BCUT2D eigenvalue weighted by atomic mass is 10.1. The first-order valence-corrected chi connectivity index (χ1v) is 9.52. The molecule has 29 heavy (non-hydrogen) atoms. The molecular weight excluding hydrogens is 394 g/mol. The number of hydrogen-bond donors (Lipinski definition) is 3. The van der Waals surface area contributed by atoms with E-state index in [4.69, 9.17) is 16.3 Å². The number of fused-ring (bicyclic) bond motifs is 1. The van der Waals surface area contributed by atoms with Gasteiger partial charge in [-0.3, -0.25) is 14.4 Å². The highest BCUT2D eigenvalue weighted by atomic mass is 35.5. The van der Waals surface area contributed by atoms with Crippen LogP contribution in [-0.2, 0) is 9.59 Å². The Morgan fingerprint density at radius 1 is 1.17 bits per heavy atom. The predicted molar refractivity (Wildman–Crippen MR) is 110 cm³/mol. The van der Waals surface area contributed by atoms with Gasteiger partial charge >= 0.3 is 0 Å². The van der Waals surface area contributed by atoms with Crippen molar-refractivity contribution in [3.8, 4) is 5.75 Å². The average molecular weight is 412 g/mol. The van der Waals surface area contributed by atoms with Crippen molar-refractivity contribution < 1.29 is 19.1 Å². The lowest BCUT2D eigenvalue weighted by molar-refractivity contribution is -0.118. The number of benzene rings is 2. The Bertz CT molecular complexity index is 1010. The Hall–Kier alpha value is -3.32. The first kappa shape index (κ1) is 19.0. The normalized spacial score (nSPS) is 15.3. The fourth-order valence-corrected chi connectivity index (χ4v) is 3.00. The molecular formula is C21H18ClN3O4. The smallest absolute Gasteiger partial charge is 0.262 e. The summed E-state index contributed by atoms with van der Waals surface area (Å²) in [6, 6.07) is 10.4. The number of nitrogens with one attached hydrogen (secondary N) is 3. The highest BCUT2D eigenvalue weighted by Gasteiger charge is 2.23. The Morgan fingerprint density at radius 2 is 1.93 bits per heavy atom. The van der Waals surface area contributed by atoms with Crippen LogP contribution in [0.15, 0.2) is 42.5 Å². The van der Waals surface area contributed by atoms with Crippen LogP contribution >= 0.6 is 11.6 Å². The van der Waals surface area contributed by atoms with Crippen molar-refractivity contribution in [1.82, 2.24) is 5.32 Å². The summed E-state index contributed by atoms with van der Waals surface area (Å²) in [4.78, 5) is 35.6. The minimum Gasteiger partial charge on any atom is -0.482 e. The lowest BCUT2D eigenvalue weighted by Crippen LogP contribution is -2.25. The number of rotatable bonds is 5. The molecule has 0 bridgehead atoms. The maximum absolute atomic E-state index is 12.2. The summed E-state index contributed by atoms with van der Waals surface area (Å²) in [5, 5.41) is 8.55. The summed E-state index contributed by atoms with van der Waals surface area (Å²) in [5.41, 5.74) is 2.21. The number of anilines is 2. The third kappa shape index (κ3) is 4.75. The van der Waals surface area contributed by atoms with E-state index in [1.54, 1.807) is 36.4 Å². The molecule has 148 valence electrons. The van der Waals surface area contributed by atoms with Crippen LogP contribution in [0.1, 0.15) is 28.8 Å². The van der Waals surface area contributed by atoms with E-state index in [0.29, 0.717) is 28.7 Å². The van der Waals surface area contributed by atoms with Gasteiger partial charge in [0.1, 0.15) is 5.75 Å². The predicted octanol–water partition coefficient (Wildman–Crippen LogP) is 3.22. The van der Waals surface area contributed by atoms with E-state index >= 15 is 0 Å². The molecule has 0 unspecified atom stereocenters. The Kier molecular flexibility index (Phi) is 5.22. The molecule has 1 aliphatic carbocycles. The van der Waals surface area contributed by atoms with Crippen LogP contribution in [0.4, 0.5) is 11.4 Å². The topological polar surface area (TPSA) is 96.5 Å². The van der Waals surface area contributed by atoms with Crippen LogP contribution in [0.2, 0.25) is 5.02 Å². The molecule has 0 aromatic heterocycles. The number of halogens is 1. The first-order valence-electron chi connectivity index (χ1n) is 9.14. The molecule has 0 radical (unpaired) electrons. The molecule has 0 spiro atoms. The lowest BCUT2D eigenvalue weighted by Gasteiger charge is -2.19. The van der Waals surface area contributed by atoms with Gasteiger partial charge in [-0.15, -0.1) is 0 Å². The van der Waals surface area contributed by atoms with Crippen molar-refractivity contribution in [1.29, 1.82) is 0 Å². The number of carbonyl (C=O) groups is 3. The van der Waals surface area contributed by atoms with E-state index in [-0.39, 0.29) is 29.4 Å². The minimum absolute atomic E-state index is 0.0822. The van der Waals surface area contributed by atoms with Crippen LogP contribution in [0.5, 0.6) is 5.75 Å². The van der Waals surface area contributed by atoms with Crippen molar-refractivity contribution in [2.45, 2.75) is 18.9 Å². The molecule has 8 heteroatoms. The van der Waals surface area contributed by atoms with Gasteiger partial charge in [-0.1, -0.05) is 23.7 Å². The molecule has 2 aliphatic rings. The van der Waals surface area contributed by atoms with Gasteiger partial charge < -0.3 is 20.7 Å². The van der Waals surface area contributed by atoms with Gasteiger partial charge in [0.25, 0.3) is 11.8 Å². The van der Waals surface area contributed by atoms with Crippen LogP contribution in [0.3, 0.4) is 0 Å². The molecule has 1 heterocycles. The second-order valence-corrected chi connectivity index (χ2v) is 7.26. The molecule has 0 saturated heterocycles. The summed E-state index contributed by atoms with van der Waals surface area (Å²) in [7, 11) is 0. The maximum Gasteiger partial charge on any atom is 0.262 e. The van der Waals surface area contributed by atoms with Gasteiger partial charge in [0.15, 0.2) is 6.61 Å². The summed E-state index contributed by atoms with van der Waals surface area (Å²) >= 11 is 6.17. The van der Waals surface area contributed by atoms with Crippen molar-refractivity contribution >= 4 is 46.8 Å². The zero-order chi connectivity index (χ0) is 20.4. The van der Waals surface area contributed by atoms with Gasteiger partial charge in [-0.25, -0.2) is 0 Å². The van der Waals surface area contributed by atoms with Gasteiger partial charge in [0, 0.05) is 23.7 Å². The summed E-state index contributed by atoms with van der Waals surface area (Å²) < 4.78 is 5.33. The van der Waals surface area contributed by atoms with E-state index in [9.17, 15) is 14.4 Å². The summed E-state index contributed by atoms with van der Waals surface area (Å²) in [5.74, 6) is -0.277. The van der Waals surface area contributed by atoms with Crippen molar-refractivity contribution in [3.05, 3.63) is 58.6 Å². The maximum atomic E-state index is 12.2. The monoisotopic (exact) mass is 411 g/mol. The van der Waals surface area contributed by atoms with Gasteiger partial charge in [0.2, 0.25) is 5.91 Å². The second kappa shape index (κ2) is 7.97. The largest absolute Gasteiger partial charge is 0.482 e. The van der Waals surface area contributed by atoms with E-state index in [2.05, 4.69) is 16.0 Å². The van der Waals surface area contributed by atoms with Crippen LogP contribution < -0.4 is 20.7 Å². The fourth-order valence-electron chi connectivity index (χ4n) is 2.78. The van der Waals surface area contributed by atoms with Crippen LogP contribution in [0.25, 0.3) is 6.08 Å². The van der Waals surface area contributed by atoms with Crippen LogP contribution in [-0.4, -0.2) is 30.4 Å². The Labute approximate surface area is 172 Å². The zero-order valence-electron chi connectivity index (χ0n) is 15.3. The highest BCUT2D eigenvalue weighted by molar-refractivity contribution is 6.34. The van der Waals surface area contributed by atoms with E-state index in [1.165, 1.54) is 12.1 Å². The number of carbonyl (C=O) groups excluding carboxylic acids is 3. The second-order valence-electron chi connectivity index (χ2n) is 6.86. The quantitative estimate of drug-likeness (QED) is 0.658. The molecule has 2 aromatic rings. The molecule has 1 fully saturated rings. The Morgan fingerprint density at radius 3 is 2.66 bits per heavy atom. The summed E-state index contributed by atoms with van der Waals surface area (Å²) in [6.07, 6.45) is 5.09. The molecule has 4 rings (SSSR count). The molecule has 1 saturated carbocycles. The number of amides is 3. The molecule has 2 aromatic carbocycles. The van der Waals surface area contributed by atoms with E-state index in [1.807, 2.05) is 0 Å². The fraction of sp³-hybridized carbons (Fsp3) is 0.190. The molecule has 1 aliphatic heterocycles. The standard InChI is InChI=1S/C21H18ClN3O4/c22-15-9-17-18(29-11-20(27)25-17)10-16(15)24-19(26)8-3-12-1-4-13(5-2-12)21(28)23-14-6-7-14/h1-5,8-10,14H,6-7,11H2,(H,23,28)(H,24,26)(H,25,27)/b8-3+. The van der Waals surface area contributed by atoms with Crippen molar-refractivity contribution in [3.63, 3.8) is 0 Å². The highest BCUT2D eigenvalue weighted by Crippen LogP contribution is 2.36. The van der Waals surface area contributed by atoms with E-state index in [0.717, 1.165) is 18.4 Å². The SMILES string of the molecule is O=C(/C=C/c1ccc(C(=O)NC2CC2)cc1)Nc1cc2c(cc1Cl)NC(=O)CO2. The van der Waals surface area contributed by atoms with Gasteiger partial charge in [0.05, 0.1) is 16.4 Å². The summed E-state index contributed by atoms with van der Waals surface area (Å²) in [6.45, 7) is -0.0867. The van der Waals surface area contributed by atoms with Gasteiger partial charge in [-0.05, 0) is 42.7 Å². The average Bonchev–Trinajstić information content (AvgIpc) is 3.51. The first-order chi connectivity index (χ1) is 14.0. The Balaban J connectivity index is 1.38. The molecule has 3 N–H and O–H groups in total. The van der Waals surface area contributed by atoms with Gasteiger partial charge in [-0.2, -0.15) is 0 Å². The third-order valence-corrected chi connectivity index (χ3v) is 4.79. The van der Waals surface area contributed by atoms with Crippen molar-refractivity contribution in [2.24, 2.45) is 0 Å². The molecule has 0 atom stereocenters. The number of ether oxygens (including phenoxy) is 1. The molecule has 7 nitrogen and oxygen atoms in total. The van der Waals surface area contributed by atoms with Crippen LogP contribution in [0, 0.1) is 0 Å². The minimum atomic E-state index is -0.373. The van der Waals surface area contributed by atoms with Crippen molar-refractivity contribution in [2.75, 3.05) is 17.2 Å².